The van der Waals surface area contributed by atoms with Gasteiger partial charge in [-0.3, -0.25) is 14.9 Å². The molecule has 5 nitrogen and oxygen atoms in total. The molecular weight excluding hydrogens is 367 g/mol. The van der Waals surface area contributed by atoms with E-state index in [-0.39, 0.29) is 53.0 Å². The summed E-state index contributed by atoms with van der Waals surface area (Å²) < 4.78 is 37.3. The highest BCUT2D eigenvalue weighted by Gasteiger charge is 2.31. The van der Waals surface area contributed by atoms with Crippen molar-refractivity contribution >= 4 is 23.6 Å². The number of halogens is 3. The lowest BCUT2D eigenvalue weighted by atomic mass is 9.95. The van der Waals surface area contributed by atoms with Gasteiger partial charge in [0.2, 0.25) is 11.8 Å². The first kappa shape index (κ1) is 20.6. The van der Waals surface area contributed by atoms with Crippen molar-refractivity contribution in [2.45, 2.75) is 55.8 Å². The van der Waals surface area contributed by atoms with Gasteiger partial charge in [0, 0.05) is 4.90 Å². The van der Waals surface area contributed by atoms with E-state index < -0.39 is 11.6 Å². The van der Waals surface area contributed by atoms with Gasteiger partial charge in [-0.15, -0.1) is 0 Å². The van der Waals surface area contributed by atoms with Gasteiger partial charge < -0.3 is 10.6 Å². The highest BCUT2D eigenvalue weighted by Crippen LogP contribution is 2.37. The number of hydrogen-bond acceptors (Lipinski definition) is 4. The highest BCUT2D eigenvalue weighted by molar-refractivity contribution is 8.00. The van der Waals surface area contributed by atoms with Gasteiger partial charge in [-0.05, 0) is 42.3 Å². The normalized spacial score (nSPS) is 22.0. The zero-order valence-corrected chi connectivity index (χ0v) is 15.5. The van der Waals surface area contributed by atoms with E-state index in [1.165, 1.54) is 12.1 Å². The molecule has 0 bridgehead atoms. The van der Waals surface area contributed by atoms with Gasteiger partial charge in [0.25, 0.3) is 0 Å². The van der Waals surface area contributed by atoms with Crippen LogP contribution in [0.25, 0.3) is 0 Å². The number of carbonyl (C=O) groups excluding carboxylic acids is 2. The Hall–Kier alpha value is -1.74. The van der Waals surface area contributed by atoms with Crippen LogP contribution in [0.15, 0.2) is 29.2 Å². The summed E-state index contributed by atoms with van der Waals surface area (Å²) in [7, 11) is 0. The Balaban J connectivity index is 2.08. The first-order valence-electron chi connectivity index (χ1n) is 8.26. The number of thioether (sulfide) groups is 1. The maximum atomic E-state index is 12.5. The minimum absolute atomic E-state index is 0.0231. The van der Waals surface area contributed by atoms with E-state index in [4.69, 9.17) is 0 Å². The zero-order chi connectivity index (χ0) is 19.5. The van der Waals surface area contributed by atoms with Crippen LogP contribution in [0.5, 0.6) is 0 Å². The molecule has 9 heteroatoms. The van der Waals surface area contributed by atoms with E-state index >= 15 is 0 Å². The van der Waals surface area contributed by atoms with Crippen LogP contribution >= 0.6 is 11.8 Å². The predicted molar refractivity (Wildman–Crippen MR) is 93.2 cm³/mol. The van der Waals surface area contributed by atoms with E-state index in [0.717, 1.165) is 0 Å². The molecule has 2 rings (SSSR count). The molecule has 0 spiro atoms. The Morgan fingerprint density at radius 1 is 1.27 bits per heavy atom. The third-order valence-electron chi connectivity index (χ3n) is 3.97. The third-order valence-corrected chi connectivity index (χ3v) is 4.71. The molecule has 1 aliphatic rings. The fourth-order valence-corrected chi connectivity index (χ4v) is 3.36. The number of nitrogens with one attached hydrogen (secondary N) is 3. The molecule has 0 radical (unpaired) electrons. The lowest BCUT2D eigenvalue weighted by Gasteiger charge is -2.31. The van der Waals surface area contributed by atoms with Crippen molar-refractivity contribution < 1.29 is 22.8 Å². The van der Waals surface area contributed by atoms with Crippen molar-refractivity contribution in [1.82, 2.24) is 16.0 Å². The Kier molecular flexibility index (Phi) is 6.57. The second-order valence-electron chi connectivity index (χ2n) is 6.56. The molecule has 0 saturated carbocycles. The number of amides is 2. The molecule has 1 aromatic rings. The highest BCUT2D eigenvalue weighted by atomic mass is 32.2. The molecule has 26 heavy (non-hydrogen) atoms. The van der Waals surface area contributed by atoms with E-state index in [1.54, 1.807) is 19.1 Å². The molecule has 1 aliphatic heterocycles. The van der Waals surface area contributed by atoms with Gasteiger partial charge >= 0.3 is 5.51 Å². The smallest absolute Gasteiger partial charge is 0.348 e. The average Bonchev–Trinajstić information content (AvgIpc) is 2.50. The third kappa shape index (κ3) is 5.91. The van der Waals surface area contributed by atoms with Gasteiger partial charge in [-0.1, -0.05) is 26.0 Å². The summed E-state index contributed by atoms with van der Waals surface area (Å²) in [6.07, 6.45) is -0.259. The Morgan fingerprint density at radius 3 is 2.38 bits per heavy atom. The van der Waals surface area contributed by atoms with Gasteiger partial charge in [0.1, 0.15) is 0 Å². The summed E-state index contributed by atoms with van der Waals surface area (Å²) in [5, 5.41) is 8.58. The molecule has 1 aromatic carbocycles. The van der Waals surface area contributed by atoms with Gasteiger partial charge in [-0.25, -0.2) is 0 Å². The molecule has 0 aromatic heterocycles. The number of carbonyl (C=O) groups is 2. The van der Waals surface area contributed by atoms with Gasteiger partial charge in [0.05, 0.1) is 24.7 Å². The van der Waals surface area contributed by atoms with Crippen LogP contribution in [0.3, 0.4) is 0 Å². The lowest BCUT2D eigenvalue weighted by Crippen LogP contribution is -2.59. The molecule has 1 heterocycles. The standard InChI is InChI=1S/C17H22F3N3O2S/c1-9(2)15(11-4-6-12(7-5-11)26-17(18,19)20)23-16(25)13-8-14(24)22-10(3)21-13/h4-7,9-10,13,15,21H,8H2,1-3H3,(H,22,24)(H,23,25)/t10?,13?,15-/m1/s1. The molecule has 144 valence electrons. The number of rotatable bonds is 5. The van der Waals surface area contributed by atoms with E-state index in [9.17, 15) is 22.8 Å². The second-order valence-corrected chi connectivity index (χ2v) is 7.70. The summed E-state index contributed by atoms with van der Waals surface area (Å²) in [6, 6.07) is 4.95. The minimum atomic E-state index is -4.34. The largest absolute Gasteiger partial charge is 0.446 e. The van der Waals surface area contributed by atoms with Gasteiger partial charge in [-0.2, -0.15) is 13.2 Å². The van der Waals surface area contributed by atoms with Crippen molar-refractivity contribution in [1.29, 1.82) is 0 Å². The summed E-state index contributed by atoms with van der Waals surface area (Å²) in [5.41, 5.74) is -3.62. The van der Waals surface area contributed by atoms with Crippen LogP contribution < -0.4 is 16.0 Å². The number of alkyl halides is 3. The number of hydrogen-bond donors (Lipinski definition) is 3. The molecule has 2 amide bonds. The van der Waals surface area contributed by atoms with E-state index in [2.05, 4.69) is 16.0 Å². The van der Waals surface area contributed by atoms with Gasteiger partial charge in [0.15, 0.2) is 0 Å². The Morgan fingerprint density at radius 2 is 1.88 bits per heavy atom. The van der Waals surface area contributed by atoms with Crippen molar-refractivity contribution in [3.05, 3.63) is 29.8 Å². The minimum Gasteiger partial charge on any atom is -0.348 e. The molecule has 1 saturated heterocycles. The van der Waals surface area contributed by atoms with Crippen LogP contribution in [-0.2, 0) is 9.59 Å². The van der Waals surface area contributed by atoms with Crippen molar-refractivity contribution in [2.24, 2.45) is 5.92 Å². The maximum Gasteiger partial charge on any atom is 0.446 e. The number of benzene rings is 1. The lowest BCUT2D eigenvalue weighted by molar-refractivity contribution is -0.132. The summed E-state index contributed by atoms with van der Waals surface area (Å²) >= 11 is -0.175. The van der Waals surface area contributed by atoms with Crippen LogP contribution in [-0.4, -0.2) is 29.5 Å². The quantitative estimate of drug-likeness (QED) is 0.678. The van der Waals surface area contributed by atoms with Crippen LogP contribution in [0.1, 0.15) is 38.8 Å². The molecule has 3 atom stereocenters. The second kappa shape index (κ2) is 8.30. The van der Waals surface area contributed by atoms with E-state index in [1.807, 2.05) is 13.8 Å². The molecular formula is C17H22F3N3O2S. The SMILES string of the molecule is CC1NC(=O)CC(C(=O)N[C@@H](c2ccc(SC(F)(F)F)cc2)C(C)C)N1. The Bertz CT molecular complexity index is 650. The first-order valence-corrected chi connectivity index (χ1v) is 9.08. The molecule has 0 aliphatic carbocycles. The van der Waals surface area contributed by atoms with Crippen molar-refractivity contribution in [3.63, 3.8) is 0 Å². The van der Waals surface area contributed by atoms with E-state index in [0.29, 0.717) is 5.56 Å². The maximum absolute atomic E-state index is 12.5. The molecule has 3 N–H and O–H groups in total. The van der Waals surface area contributed by atoms with Crippen LogP contribution in [0, 0.1) is 5.92 Å². The summed E-state index contributed by atoms with van der Waals surface area (Å²) in [6.45, 7) is 5.56. The first-order chi connectivity index (χ1) is 12.0. The summed E-state index contributed by atoms with van der Waals surface area (Å²) in [4.78, 5) is 24.2. The molecule has 1 fully saturated rings. The topological polar surface area (TPSA) is 70.2 Å². The van der Waals surface area contributed by atoms with Crippen molar-refractivity contribution in [2.75, 3.05) is 0 Å². The monoisotopic (exact) mass is 389 g/mol. The van der Waals surface area contributed by atoms with Crippen molar-refractivity contribution in [3.8, 4) is 0 Å². The summed E-state index contributed by atoms with van der Waals surface area (Å²) in [5.74, 6) is -0.486. The Labute approximate surface area is 154 Å². The predicted octanol–water partition coefficient (Wildman–Crippen LogP) is 2.94. The molecule has 2 unspecified atom stereocenters. The zero-order valence-electron chi connectivity index (χ0n) is 14.7. The van der Waals surface area contributed by atoms with Crippen LogP contribution in [0.2, 0.25) is 0 Å². The van der Waals surface area contributed by atoms with Crippen LogP contribution in [0.4, 0.5) is 13.2 Å². The fourth-order valence-electron chi connectivity index (χ4n) is 2.82. The average molecular weight is 389 g/mol. The fraction of sp³-hybridized carbons (Fsp3) is 0.529.